The number of hydrogen-bond donors (Lipinski definition) is 1. The summed E-state index contributed by atoms with van der Waals surface area (Å²) in [5.41, 5.74) is 0.503. The molecule has 2 aliphatic rings. The van der Waals surface area contributed by atoms with E-state index >= 15 is 0 Å². The Bertz CT molecular complexity index is 990. The summed E-state index contributed by atoms with van der Waals surface area (Å²) in [4.78, 5) is 12.7. The first-order valence-corrected chi connectivity index (χ1v) is 11.2. The minimum Gasteiger partial charge on any atom is -0.485 e. The number of fused-ring (bicyclic) bond motifs is 1. The Morgan fingerprint density at radius 2 is 1.83 bits per heavy atom. The minimum absolute atomic E-state index is 0.114. The van der Waals surface area contributed by atoms with Crippen LogP contribution in [0.1, 0.15) is 19.8 Å². The van der Waals surface area contributed by atoms with E-state index < -0.39 is 16.1 Å². The molecule has 1 fully saturated rings. The number of piperidine rings is 1. The summed E-state index contributed by atoms with van der Waals surface area (Å²) in [6, 6.07) is 13.4. The van der Waals surface area contributed by atoms with E-state index in [9.17, 15) is 13.2 Å². The number of hydrogen-bond acceptors (Lipinski definition) is 5. The van der Waals surface area contributed by atoms with Crippen molar-refractivity contribution in [1.29, 1.82) is 0 Å². The Balaban J connectivity index is 1.41. The van der Waals surface area contributed by atoms with Crippen LogP contribution < -0.4 is 14.8 Å². The number of para-hydroxylation sites is 2. The summed E-state index contributed by atoms with van der Waals surface area (Å²) in [6.45, 7) is 3.27. The maximum absolute atomic E-state index is 12.8. The summed E-state index contributed by atoms with van der Waals surface area (Å²) in [6.07, 6.45) is 1.15. The van der Waals surface area contributed by atoms with Gasteiger partial charge in [0.05, 0.1) is 4.90 Å². The van der Waals surface area contributed by atoms with Crippen molar-refractivity contribution < 1.29 is 22.7 Å². The van der Waals surface area contributed by atoms with Gasteiger partial charge in [0.2, 0.25) is 16.1 Å². The van der Waals surface area contributed by atoms with Crippen LogP contribution in [-0.2, 0) is 14.8 Å². The second-order valence-electron chi connectivity index (χ2n) is 7.49. The Morgan fingerprint density at radius 1 is 1.10 bits per heavy atom. The molecule has 0 radical (unpaired) electrons. The van der Waals surface area contributed by atoms with Crippen molar-refractivity contribution in [2.24, 2.45) is 5.92 Å². The molecule has 1 N–H and O–H groups in total. The highest BCUT2D eigenvalue weighted by Gasteiger charge is 2.29. The predicted octanol–water partition coefficient (Wildman–Crippen LogP) is 2.89. The highest BCUT2D eigenvalue weighted by atomic mass is 32.2. The number of amides is 1. The molecule has 1 saturated heterocycles. The number of nitrogens with zero attached hydrogens (tertiary/aromatic N) is 1. The van der Waals surface area contributed by atoms with Gasteiger partial charge < -0.3 is 14.8 Å². The van der Waals surface area contributed by atoms with Crippen molar-refractivity contribution in [3.8, 4) is 11.5 Å². The zero-order valence-corrected chi connectivity index (χ0v) is 17.0. The lowest BCUT2D eigenvalue weighted by Crippen LogP contribution is -2.40. The number of anilines is 1. The van der Waals surface area contributed by atoms with Crippen LogP contribution in [-0.4, -0.2) is 44.4 Å². The van der Waals surface area contributed by atoms with E-state index in [1.807, 2.05) is 12.1 Å². The third-order valence-corrected chi connectivity index (χ3v) is 7.06. The lowest BCUT2D eigenvalue weighted by molar-refractivity contribution is -0.125. The quantitative estimate of drug-likeness (QED) is 0.828. The first-order valence-electron chi connectivity index (χ1n) is 9.73. The van der Waals surface area contributed by atoms with Crippen molar-refractivity contribution in [1.82, 2.24) is 4.31 Å². The van der Waals surface area contributed by atoms with Crippen molar-refractivity contribution in [3.05, 3.63) is 48.5 Å². The monoisotopic (exact) mass is 416 g/mol. The van der Waals surface area contributed by atoms with E-state index in [1.165, 1.54) is 12.1 Å². The van der Waals surface area contributed by atoms with Gasteiger partial charge in [-0.2, -0.15) is 4.31 Å². The fourth-order valence-corrected chi connectivity index (χ4v) is 5.19. The molecule has 0 unspecified atom stereocenters. The lowest BCUT2D eigenvalue weighted by Gasteiger charge is -2.30. The van der Waals surface area contributed by atoms with E-state index in [-0.39, 0.29) is 17.4 Å². The van der Waals surface area contributed by atoms with E-state index in [0.29, 0.717) is 36.2 Å². The first-order chi connectivity index (χ1) is 13.9. The molecular formula is C21H24N2O5S. The van der Waals surface area contributed by atoms with Gasteiger partial charge in [-0.1, -0.05) is 19.1 Å². The van der Waals surface area contributed by atoms with Crippen molar-refractivity contribution in [2.45, 2.75) is 30.8 Å². The van der Waals surface area contributed by atoms with E-state index in [2.05, 4.69) is 12.2 Å². The summed E-state index contributed by atoms with van der Waals surface area (Å²) in [5.74, 6) is 1.15. The van der Waals surface area contributed by atoms with E-state index in [0.717, 1.165) is 12.8 Å². The maximum atomic E-state index is 12.8. The Morgan fingerprint density at radius 3 is 2.55 bits per heavy atom. The molecular weight excluding hydrogens is 392 g/mol. The smallest absolute Gasteiger partial charge is 0.269 e. The fourth-order valence-electron chi connectivity index (χ4n) is 3.60. The number of benzene rings is 2. The van der Waals surface area contributed by atoms with Crippen LogP contribution in [0, 0.1) is 5.92 Å². The fraction of sp³-hybridized carbons (Fsp3) is 0.381. The highest BCUT2D eigenvalue weighted by molar-refractivity contribution is 7.89. The van der Waals surface area contributed by atoms with Crippen molar-refractivity contribution in [3.63, 3.8) is 0 Å². The van der Waals surface area contributed by atoms with Gasteiger partial charge in [0.1, 0.15) is 6.61 Å². The molecule has 2 heterocycles. The molecule has 1 amide bonds. The van der Waals surface area contributed by atoms with Crippen LogP contribution in [0.5, 0.6) is 11.5 Å². The molecule has 0 bridgehead atoms. The van der Waals surface area contributed by atoms with E-state index in [4.69, 9.17) is 9.47 Å². The average Bonchev–Trinajstić information content (AvgIpc) is 2.74. The van der Waals surface area contributed by atoms with Gasteiger partial charge in [-0.25, -0.2) is 8.42 Å². The molecule has 2 atom stereocenters. The summed E-state index contributed by atoms with van der Waals surface area (Å²) in [7, 11) is -3.52. The van der Waals surface area contributed by atoms with Gasteiger partial charge in [-0.15, -0.1) is 0 Å². The maximum Gasteiger partial charge on any atom is 0.269 e. The molecule has 8 heteroatoms. The second kappa shape index (κ2) is 8.04. The molecule has 2 aromatic carbocycles. The standard InChI is InChI=1S/C21H24N2O5S/c1-15-5-4-12-23(13-15)29(25,26)17-10-8-16(9-11-17)22-21(24)20-14-27-18-6-2-3-7-19(18)28-20/h2-3,6-11,15,20H,4-5,12-14H2,1H3,(H,22,24)/t15-,20-/m1/s1. The normalized spacial score (nSPS) is 22.1. The van der Waals surface area contributed by atoms with Crippen LogP contribution in [0.4, 0.5) is 5.69 Å². The number of sulfonamides is 1. The predicted molar refractivity (Wildman–Crippen MR) is 109 cm³/mol. The topological polar surface area (TPSA) is 84.9 Å². The van der Waals surface area contributed by atoms with Gasteiger partial charge in [0, 0.05) is 18.8 Å². The Hall–Kier alpha value is -2.58. The Kier molecular flexibility index (Phi) is 5.47. The largest absolute Gasteiger partial charge is 0.485 e. The zero-order chi connectivity index (χ0) is 20.4. The third-order valence-electron chi connectivity index (χ3n) is 5.18. The molecule has 0 aliphatic carbocycles. The zero-order valence-electron chi connectivity index (χ0n) is 16.2. The molecule has 29 heavy (non-hydrogen) atoms. The van der Waals surface area contributed by atoms with Crippen LogP contribution in [0.15, 0.2) is 53.4 Å². The molecule has 7 nitrogen and oxygen atoms in total. The molecule has 2 aromatic rings. The molecule has 0 aromatic heterocycles. The van der Waals surface area contributed by atoms with Gasteiger partial charge in [-0.05, 0) is 55.2 Å². The minimum atomic E-state index is -3.52. The van der Waals surface area contributed by atoms with Gasteiger partial charge >= 0.3 is 0 Å². The number of rotatable bonds is 4. The first kappa shape index (κ1) is 19.7. The van der Waals surface area contributed by atoms with Crippen LogP contribution in [0.3, 0.4) is 0 Å². The van der Waals surface area contributed by atoms with Gasteiger partial charge in [-0.3, -0.25) is 4.79 Å². The highest BCUT2D eigenvalue weighted by Crippen LogP contribution is 2.31. The molecule has 2 aliphatic heterocycles. The average molecular weight is 416 g/mol. The number of carbonyl (C=O) groups is 1. The molecule has 0 saturated carbocycles. The van der Waals surface area contributed by atoms with E-state index in [1.54, 1.807) is 28.6 Å². The van der Waals surface area contributed by atoms with Crippen molar-refractivity contribution in [2.75, 3.05) is 25.0 Å². The summed E-state index contributed by atoms with van der Waals surface area (Å²) in [5, 5.41) is 2.76. The third kappa shape index (κ3) is 4.23. The van der Waals surface area contributed by atoms with Crippen molar-refractivity contribution >= 4 is 21.6 Å². The summed E-state index contributed by atoms with van der Waals surface area (Å²) >= 11 is 0. The SMILES string of the molecule is C[C@@H]1CCCN(S(=O)(=O)c2ccc(NC(=O)[C@H]3COc4ccccc4O3)cc2)C1. The van der Waals surface area contributed by atoms with Crippen LogP contribution >= 0.6 is 0 Å². The van der Waals surface area contributed by atoms with Gasteiger partial charge in [0.15, 0.2) is 11.5 Å². The number of nitrogens with one attached hydrogen (secondary N) is 1. The second-order valence-corrected chi connectivity index (χ2v) is 9.43. The number of carbonyl (C=O) groups excluding carboxylic acids is 1. The van der Waals surface area contributed by atoms with Gasteiger partial charge in [0.25, 0.3) is 5.91 Å². The molecule has 154 valence electrons. The molecule has 0 spiro atoms. The van der Waals surface area contributed by atoms with Crippen LogP contribution in [0.2, 0.25) is 0 Å². The number of ether oxygens (including phenoxy) is 2. The molecule has 4 rings (SSSR count). The van der Waals surface area contributed by atoms with Crippen LogP contribution in [0.25, 0.3) is 0 Å². The Labute approximate surface area is 170 Å². The summed E-state index contributed by atoms with van der Waals surface area (Å²) < 4.78 is 38.5. The lowest BCUT2D eigenvalue weighted by atomic mass is 10.0.